The summed E-state index contributed by atoms with van der Waals surface area (Å²) in [5.74, 6) is -0.376. The number of nitrogens with one attached hydrogen (secondary N) is 2. The Morgan fingerprint density at radius 2 is 1.92 bits per heavy atom. The Hall–Kier alpha value is -3.65. The molecule has 0 bridgehead atoms. The molecular weight excluding hydrogens is 494 g/mol. The molecule has 1 saturated heterocycles. The molecular formula is C26H30FN6O3P. The van der Waals surface area contributed by atoms with Crippen molar-refractivity contribution in [2.45, 2.75) is 25.9 Å². The van der Waals surface area contributed by atoms with Crippen molar-refractivity contribution in [3.05, 3.63) is 60.0 Å². The first-order valence-corrected chi connectivity index (χ1v) is 14.6. The zero-order valence-corrected chi connectivity index (χ0v) is 21.9. The number of aryl methyl sites for hydroxylation is 1. The third-order valence-corrected chi connectivity index (χ3v) is 8.48. The second kappa shape index (κ2) is 9.34. The van der Waals surface area contributed by atoms with Gasteiger partial charge in [-0.15, -0.1) is 0 Å². The molecule has 1 saturated carbocycles. The number of rotatable bonds is 7. The maximum atomic E-state index is 14.5. The number of amides is 1. The molecule has 1 amide bonds. The largest absolute Gasteiger partial charge is 0.446 e. The predicted molar refractivity (Wildman–Crippen MR) is 144 cm³/mol. The van der Waals surface area contributed by atoms with Crippen LogP contribution in [0.25, 0.3) is 0 Å². The Labute approximate surface area is 215 Å². The zero-order chi connectivity index (χ0) is 26.4. The minimum atomic E-state index is -2.58. The topological polar surface area (TPSA) is 122 Å². The lowest BCUT2D eigenvalue weighted by Crippen LogP contribution is -2.64. The highest BCUT2D eigenvalue weighted by molar-refractivity contribution is 7.70. The van der Waals surface area contributed by atoms with Crippen LogP contribution in [-0.2, 0) is 9.30 Å². The number of anilines is 5. The number of carbonyl (C=O) groups is 1. The molecule has 3 aromatic rings. The van der Waals surface area contributed by atoms with E-state index < -0.39 is 19.1 Å². The van der Waals surface area contributed by atoms with Gasteiger partial charge in [-0.05, 0) is 69.0 Å². The summed E-state index contributed by atoms with van der Waals surface area (Å²) in [7, 11) is -2.58. The molecule has 194 valence electrons. The van der Waals surface area contributed by atoms with Crippen LogP contribution in [-0.4, -0.2) is 48.6 Å². The van der Waals surface area contributed by atoms with Crippen molar-refractivity contribution < 1.29 is 18.5 Å². The Bertz CT molecular complexity index is 1400. The zero-order valence-electron chi connectivity index (χ0n) is 21.0. The van der Waals surface area contributed by atoms with Crippen molar-refractivity contribution in [3.8, 4) is 0 Å². The highest BCUT2D eigenvalue weighted by atomic mass is 31.2. The van der Waals surface area contributed by atoms with Gasteiger partial charge in [-0.25, -0.2) is 14.2 Å². The van der Waals surface area contributed by atoms with Crippen LogP contribution >= 0.6 is 7.14 Å². The highest BCUT2D eigenvalue weighted by Crippen LogP contribution is 2.51. The molecule has 4 N–H and O–H groups in total. The van der Waals surface area contributed by atoms with Crippen molar-refractivity contribution >= 4 is 47.4 Å². The van der Waals surface area contributed by atoms with Crippen LogP contribution in [0.15, 0.2) is 48.7 Å². The lowest BCUT2D eigenvalue weighted by Gasteiger charge is -2.59. The molecule has 9 nitrogen and oxygen atoms in total. The Morgan fingerprint density at radius 3 is 2.59 bits per heavy atom. The van der Waals surface area contributed by atoms with Gasteiger partial charge >= 0.3 is 6.09 Å². The number of primary amides is 1. The van der Waals surface area contributed by atoms with Crippen LogP contribution in [0.1, 0.15) is 18.4 Å². The molecule has 2 aliphatic rings. The van der Waals surface area contributed by atoms with Crippen LogP contribution in [0.4, 0.5) is 38.0 Å². The van der Waals surface area contributed by atoms with Crippen LogP contribution in [0.5, 0.6) is 0 Å². The maximum Gasteiger partial charge on any atom is 0.404 e. The SMILES string of the molecule is Cc1cc(Nc2ncc(F)c(Nc3ccccc3P(C)(C)=O)n2)ccc1N1CC2(CC(OC(N)=O)C2)C1. The van der Waals surface area contributed by atoms with Gasteiger partial charge in [0.15, 0.2) is 11.6 Å². The van der Waals surface area contributed by atoms with E-state index in [2.05, 4.69) is 25.5 Å². The third kappa shape index (κ3) is 5.25. The Kier molecular flexibility index (Phi) is 6.31. The molecule has 0 radical (unpaired) electrons. The average molecular weight is 525 g/mol. The number of hydrogen-bond donors (Lipinski definition) is 3. The summed E-state index contributed by atoms with van der Waals surface area (Å²) in [4.78, 5) is 21.6. The van der Waals surface area contributed by atoms with E-state index >= 15 is 0 Å². The van der Waals surface area contributed by atoms with Gasteiger partial charge in [-0.3, -0.25) is 0 Å². The van der Waals surface area contributed by atoms with Gasteiger partial charge in [-0.1, -0.05) is 12.1 Å². The number of halogens is 1. The Morgan fingerprint density at radius 1 is 1.19 bits per heavy atom. The van der Waals surface area contributed by atoms with Crippen LogP contribution in [0, 0.1) is 18.2 Å². The van der Waals surface area contributed by atoms with E-state index in [9.17, 15) is 13.8 Å². The van der Waals surface area contributed by atoms with Gasteiger partial charge in [0.25, 0.3) is 0 Å². The number of hydrogen-bond acceptors (Lipinski definition) is 8. The lowest BCUT2D eigenvalue weighted by molar-refractivity contribution is -0.0546. The third-order valence-electron chi connectivity index (χ3n) is 6.93. The van der Waals surface area contributed by atoms with Crippen molar-refractivity contribution in [1.82, 2.24) is 9.97 Å². The fraction of sp³-hybridized carbons (Fsp3) is 0.346. The fourth-order valence-electron chi connectivity index (χ4n) is 5.25. The summed E-state index contributed by atoms with van der Waals surface area (Å²) < 4.78 is 32.3. The van der Waals surface area contributed by atoms with Gasteiger partial charge in [0.2, 0.25) is 5.95 Å². The van der Waals surface area contributed by atoms with Crippen LogP contribution in [0.2, 0.25) is 0 Å². The molecule has 1 spiro atoms. The van der Waals surface area contributed by atoms with E-state index in [0.29, 0.717) is 11.0 Å². The van der Waals surface area contributed by atoms with Crippen molar-refractivity contribution in [3.63, 3.8) is 0 Å². The quantitative estimate of drug-likeness (QED) is 0.380. The number of benzene rings is 2. The predicted octanol–water partition coefficient (Wildman–Crippen LogP) is 4.72. The summed E-state index contributed by atoms with van der Waals surface area (Å²) in [6.45, 7) is 7.21. The molecule has 0 unspecified atom stereocenters. The number of nitrogens with zero attached hydrogens (tertiary/aromatic N) is 3. The summed E-state index contributed by atoms with van der Waals surface area (Å²) in [5, 5.41) is 6.75. The average Bonchev–Trinajstić information content (AvgIpc) is 2.77. The molecule has 1 aliphatic heterocycles. The number of para-hydroxylation sites is 1. The van der Waals surface area contributed by atoms with E-state index in [1.807, 2.05) is 25.1 Å². The minimum absolute atomic E-state index is 0.00302. The van der Waals surface area contributed by atoms with E-state index in [-0.39, 0.29) is 23.3 Å². The summed E-state index contributed by atoms with van der Waals surface area (Å²) >= 11 is 0. The van der Waals surface area contributed by atoms with Crippen LogP contribution < -0.4 is 26.6 Å². The molecule has 37 heavy (non-hydrogen) atoms. The van der Waals surface area contributed by atoms with Crippen LogP contribution in [0.3, 0.4) is 0 Å². The summed E-state index contributed by atoms with van der Waals surface area (Å²) in [5.41, 5.74) is 8.86. The van der Waals surface area contributed by atoms with Crippen molar-refractivity contribution in [1.29, 1.82) is 0 Å². The van der Waals surface area contributed by atoms with Gasteiger partial charge < -0.3 is 30.6 Å². The Balaban J connectivity index is 1.25. The highest BCUT2D eigenvalue weighted by Gasteiger charge is 2.54. The molecule has 2 fully saturated rings. The normalized spacial score (nSPS) is 16.6. The summed E-state index contributed by atoms with van der Waals surface area (Å²) in [6, 6.07) is 13.1. The molecule has 2 heterocycles. The monoisotopic (exact) mass is 524 g/mol. The number of aromatic nitrogens is 2. The second-order valence-corrected chi connectivity index (χ2v) is 13.5. The number of nitrogens with two attached hydrogens (primary N) is 1. The number of ether oxygens (including phenoxy) is 1. The van der Waals surface area contributed by atoms with Crippen molar-refractivity contribution in [2.24, 2.45) is 11.1 Å². The van der Waals surface area contributed by atoms with Gasteiger partial charge in [0.05, 0.1) is 11.9 Å². The van der Waals surface area contributed by atoms with Gasteiger partial charge in [-0.2, -0.15) is 4.98 Å². The van der Waals surface area contributed by atoms with E-state index in [0.717, 1.165) is 49.1 Å². The lowest BCUT2D eigenvalue weighted by atomic mass is 9.61. The van der Waals surface area contributed by atoms with Crippen molar-refractivity contribution in [2.75, 3.05) is 42.0 Å². The molecule has 0 atom stereocenters. The second-order valence-electron chi connectivity index (χ2n) is 10.3. The first kappa shape index (κ1) is 25.0. The molecule has 2 aromatic carbocycles. The smallest absolute Gasteiger partial charge is 0.404 e. The summed E-state index contributed by atoms with van der Waals surface area (Å²) in [6.07, 6.45) is 2.03. The van der Waals surface area contributed by atoms with Gasteiger partial charge in [0.1, 0.15) is 13.2 Å². The molecule has 5 rings (SSSR count). The van der Waals surface area contributed by atoms with E-state index in [4.69, 9.17) is 10.5 Å². The first-order valence-electron chi connectivity index (χ1n) is 12.0. The fourth-order valence-corrected chi connectivity index (χ4v) is 6.41. The van der Waals surface area contributed by atoms with Gasteiger partial charge in [0, 0.05) is 35.2 Å². The maximum absolute atomic E-state index is 14.5. The number of carbonyl (C=O) groups excluding carboxylic acids is 1. The molecule has 1 aromatic heterocycles. The first-order chi connectivity index (χ1) is 17.5. The van der Waals surface area contributed by atoms with E-state index in [1.165, 1.54) is 0 Å². The molecule has 11 heteroatoms. The molecule has 1 aliphatic carbocycles. The standard InChI is InChI=1S/C26H30FN6O3P/c1-16-10-17(8-9-21(16)33-14-26(15-33)11-18(12-26)36-24(28)34)30-25-29-13-19(27)23(32-25)31-20-6-4-5-7-22(20)37(2,3)35/h4-10,13,18H,11-12,14-15H2,1-3H3,(H2,28,34)(H2,29,30,31,32). The minimum Gasteiger partial charge on any atom is -0.446 e. The van der Waals surface area contributed by atoms with E-state index in [1.54, 1.807) is 37.6 Å².